The highest BCUT2D eigenvalue weighted by molar-refractivity contribution is 5.49. The van der Waals surface area contributed by atoms with E-state index in [0.29, 0.717) is 5.92 Å². The second-order valence-corrected chi connectivity index (χ2v) is 4.37. The summed E-state index contributed by atoms with van der Waals surface area (Å²) in [5.74, 6) is 1.25. The van der Waals surface area contributed by atoms with Crippen molar-refractivity contribution in [2.24, 2.45) is 11.8 Å². The summed E-state index contributed by atoms with van der Waals surface area (Å²) in [6, 6.07) is 0. The van der Waals surface area contributed by atoms with Crippen LogP contribution in [-0.2, 0) is 4.79 Å². The number of carbonyl (C=O) groups is 1. The molecule has 0 saturated heterocycles. The summed E-state index contributed by atoms with van der Waals surface area (Å²) < 4.78 is 0. The van der Waals surface area contributed by atoms with Crippen LogP contribution in [0.2, 0.25) is 0 Å². The Morgan fingerprint density at radius 2 is 1.85 bits per heavy atom. The van der Waals surface area contributed by atoms with Crippen LogP contribution >= 0.6 is 0 Å². The standard InChI is InChI=1S/C11H22O2/c1-9(2)4-5-10(3)8-11(13)6-7-12/h7,9-11,13H,4-6,8H2,1-3H3. The van der Waals surface area contributed by atoms with Gasteiger partial charge in [-0.15, -0.1) is 0 Å². The molecule has 0 amide bonds. The van der Waals surface area contributed by atoms with E-state index in [1.807, 2.05) is 0 Å². The fourth-order valence-electron chi connectivity index (χ4n) is 1.41. The van der Waals surface area contributed by atoms with Gasteiger partial charge in [0, 0.05) is 6.42 Å². The topological polar surface area (TPSA) is 37.3 Å². The van der Waals surface area contributed by atoms with Gasteiger partial charge in [-0.3, -0.25) is 0 Å². The first-order valence-corrected chi connectivity index (χ1v) is 5.18. The lowest BCUT2D eigenvalue weighted by Crippen LogP contribution is -2.12. The van der Waals surface area contributed by atoms with Crippen LogP contribution < -0.4 is 0 Å². The fourth-order valence-corrected chi connectivity index (χ4v) is 1.41. The van der Waals surface area contributed by atoms with Crippen molar-refractivity contribution in [1.82, 2.24) is 0 Å². The van der Waals surface area contributed by atoms with Crippen LogP contribution in [0.15, 0.2) is 0 Å². The van der Waals surface area contributed by atoms with Crippen molar-refractivity contribution in [1.29, 1.82) is 0 Å². The molecule has 0 rings (SSSR count). The molecule has 1 N–H and O–H groups in total. The summed E-state index contributed by atoms with van der Waals surface area (Å²) in [5.41, 5.74) is 0. The van der Waals surface area contributed by atoms with Gasteiger partial charge in [0.15, 0.2) is 0 Å². The molecular formula is C11H22O2. The first-order chi connectivity index (χ1) is 6.06. The average molecular weight is 186 g/mol. The van der Waals surface area contributed by atoms with E-state index in [1.165, 1.54) is 6.42 Å². The molecule has 0 radical (unpaired) electrons. The molecule has 13 heavy (non-hydrogen) atoms. The molecule has 0 aliphatic rings. The largest absolute Gasteiger partial charge is 0.393 e. The zero-order chi connectivity index (χ0) is 10.3. The van der Waals surface area contributed by atoms with Gasteiger partial charge in [0.05, 0.1) is 6.10 Å². The summed E-state index contributed by atoms with van der Waals surface area (Å²) in [6.07, 6.45) is 3.75. The SMILES string of the molecule is CC(C)CCC(C)CC(O)CC=O. The highest BCUT2D eigenvalue weighted by atomic mass is 16.3. The monoisotopic (exact) mass is 186 g/mol. The highest BCUT2D eigenvalue weighted by Gasteiger charge is 2.10. The first kappa shape index (κ1) is 12.6. The van der Waals surface area contributed by atoms with Crippen LogP contribution in [0.3, 0.4) is 0 Å². The third-order valence-corrected chi connectivity index (χ3v) is 2.28. The van der Waals surface area contributed by atoms with Crippen LogP contribution in [0.1, 0.15) is 46.5 Å². The van der Waals surface area contributed by atoms with E-state index in [0.717, 1.165) is 25.0 Å². The third kappa shape index (κ3) is 7.97. The number of hydrogen-bond donors (Lipinski definition) is 1. The lowest BCUT2D eigenvalue weighted by molar-refractivity contribution is -0.109. The van der Waals surface area contributed by atoms with E-state index in [9.17, 15) is 9.90 Å². The molecular weight excluding hydrogens is 164 g/mol. The summed E-state index contributed by atoms with van der Waals surface area (Å²) in [6.45, 7) is 6.54. The van der Waals surface area contributed by atoms with Gasteiger partial charge in [-0.2, -0.15) is 0 Å². The van der Waals surface area contributed by atoms with Crippen molar-refractivity contribution in [2.75, 3.05) is 0 Å². The Kier molecular flexibility index (Phi) is 6.87. The van der Waals surface area contributed by atoms with Gasteiger partial charge in [-0.25, -0.2) is 0 Å². The van der Waals surface area contributed by atoms with Crippen LogP contribution in [-0.4, -0.2) is 17.5 Å². The second-order valence-electron chi connectivity index (χ2n) is 4.37. The third-order valence-electron chi connectivity index (χ3n) is 2.28. The zero-order valence-corrected chi connectivity index (χ0v) is 8.99. The molecule has 2 nitrogen and oxygen atoms in total. The maximum Gasteiger partial charge on any atom is 0.122 e. The van der Waals surface area contributed by atoms with Crippen molar-refractivity contribution in [2.45, 2.75) is 52.6 Å². The number of hydrogen-bond acceptors (Lipinski definition) is 2. The van der Waals surface area contributed by atoms with E-state index in [-0.39, 0.29) is 6.42 Å². The predicted molar refractivity (Wildman–Crippen MR) is 54.5 cm³/mol. The minimum atomic E-state index is -0.431. The van der Waals surface area contributed by atoms with Crippen LogP contribution in [0.25, 0.3) is 0 Å². The summed E-state index contributed by atoms with van der Waals surface area (Å²) >= 11 is 0. The highest BCUT2D eigenvalue weighted by Crippen LogP contribution is 2.17. The minimum Gasteiger partial charge on any atom is -0.393 e. The molecule has 2 heteroatoms. The summed E-state index contributed by atoms with van der Waals surface area (Å²) in [7, 11) is 0. The van der Waals surface area contributed by atoms with Crippen molar-refractivity contribution in [3.8, 4) is 0 Å². The minimum absolute atomic E-state index is 0.284. The number of rotatable bonds is 7. The molecule has 0 fully saturated rings. The molecule has 0 heterocycles. The number of carbonyl (C=O) groups excluding carboxylic acids is 1. The van der Waals surface area contributed by atoms with Crippen molar-refractivity contribution < 1.29 is 9.90 Å². The molecule has 0 saturated carbocycles. The van der Waals surface area contributed by atoms with E-state index in [4.69, 9.17) is 0 Å². The molecule has 0 aliphatic heterocycles. The van der Waals surface area contributed by atoms with Gasteiger partial charge < -0.3 is 9.90 Å². The summed E-state index contributed by atoms with van der Waals surface area (Å²) in [5, 5.41) is 9.35. The maximum atomic E-state index is 10.1. The van der Waals surface area contributed by atoms with Crippen molar-refractivity contribution in [3.63, 3.8) is 0 Å². The number of aliphatic hydroxyl groups excluding tert-OH is 1. The van der Waals surface area contributed by atoms with E-state index >= 15 is 0 Å². The lowest BCUT2D eigenvalue weighted by atomic mass is 9.94. The fraction of sp³-hybridized carbons (Fsp3) is 0.909. The van der Waals surface area contributed by atoms with Gasteiger partial charge in [0.2, 0.25) is 0 Å². The van der Waals surface area contributed by atoms with E-state index < -0.39 is 6.10 Å². The van der Waals surface area contributed by atoms with Gasteiger partial charge in [-0.05, 0) is 18.3 Å². The Morgan fingerprint density at radius 3 is 2.31 bits per heavy atom. The van der Waals surface area contributed by atoms with E-state index in [2.05, 4.69) is 20.8 Å². The number of aliphatic hydroxyl groups is 1. The molecule has 0 bridgehead atoms. The molecule has 0 spiro atoms. The second kappa shape index (κ2) is 7.07. The molecule has 2 unspecified atom stereocenters. The smallest absolute Gasteiger partial charge is 0.122 e. The van der Waals surface area contributed by atoms with Crippen LogP contribution in [0.4, 0.5) is 0 Å². The Labute approximate surface area is 81.3 Å². The van der Waals surface area contributed by atoms with Gasteiger partial charge >= 0.3 is 0 Å². The molecule has 2 atom stereocenters. The Bertz CT molecular complexity index is 132. The van der Waals surface area contributed by atoms with Crippen molar-refractivity contribution in [3.05, 3.63) is 0 Å². The molecule has 78 valence electrons. The number of aldehydes is 1. The zero-order valence-electron chi connectivity index (χ0n) is 8.99. The van der Waals surface area contributed by atoms with Gasteiger partial charge in [-0.1, -0.05) is 33.6 Å². The quantitative estimate of drug-likeness (QED) is 0.620. The van der Waals surface area contributed by atoms with Crippen molar-refractivity contribution >= 4 is 6.29 Å². The van der Waals surface area contributed by atoms with Crippen LogP contribution in [0, 0.1) is 11.8 Å². The molecule has 0 aromatic rings. The lowest BCUT2D eigenvalue weighted by Gasteiger charge is -2.15. The maximum absolute atomic E-state index is 10.1. The molecule has 0 aromatic heterocycles. The Balaban J connectivity index is 3.48. The normalized spacial score (nSPS) is 15.8. The predicted octanol–water partition coefficient (Wildman–Crippen LogP) is 2.40. The Hall–Kier alpha value is -0.370. The van der Waals surface area contributed by atoms with Crippen LogP contribution in [0.5, 0.6) is 0 Å². The average Bonchev–Trinajstić information content (AvgIpc) is 2.01. The van der Waals surface area contributed by atoms with E-state index in [1.54, 1.807) is 0 Å². The first-order valence-electron chi connectivity index (χ1n) is 5.18. The molecule has 0 aromatic carbocycles. The molecule has 0 aliphatic carbocycles. The van der Waals surface area contributed by atoms with Gasteiger partial charge in [0.1, 0.15) is 6.29 Å². The Morgan fingerprint density at radius 1 is 1.23 bits per heavy atom. The van der Waals surface area contributed by atoms with Gasteiger partial charge in [0.25, 0.3) is 0 Å². The summed E-state index contributed by atoms with van der Waals surface area (Å²) in [4.78, 5) is 10.1.